The van der Waals surface area contributed by atoms with Crippen LogP contribution in [0.3, 0.4) is 0 Å². The molecule has 0 saturated carbocycles. The van der Waals surface area contributed by atoms with Gasteiger partial charge in [0.2, 0.25) is 0 Å². The van der Waals surface area contributed by atoms with Crippen LogP contribution in [-0.2, 0) is 12.0 Å². The largest absolute Gasteiger partial charge is 0.491 e. The summed E-state index contributed by atoms with van der Waals surface area (Å²) in [6, 6.07) is 18.8. The second kappa shape index (κ2) is 9.55. The average Bonchev–Trinajstić information content (AvgIpc) is 2.68. The van der Waals surface area contributed by atoms with Gasteiger partial charge in [0.25, 0.3) is 0 Å². The Morgan fingerprint density at radius 2 is 1.50 bits per heavy atom. The molecule has 0 spiro atoms. The number of β-amino-alcohol motifs (C(OH)–C–C–N with tert-alkyl or cyclic N) is 1. The van der Waals surface area contributed by atoms with Crippen LogP contribution in [0.4, 0.5) is 0 Å². The lowest BCUT2D eigenvalue weighted by molar-refractivity contribution is 0.0442. The Morgan fingerprint density at radius 3 is 2.18 bits per heavy atom. The van der Waals surface area contributed by atoms with Crippen LogP contribution in [0.15, 0.2) is 54.6 Å². The monoisotopic (exact) mass is 382 g/mol. The summed E-state index contributed by atoms with van der Waals surface area (Å²) < 4.78 is 5.98. The van der Waals surface area contributed by atoms with E-state index in [4.69, 9.17) is 4.74 Å². The maximum absolute atomic E-state index is 10.5. The first kappa shape index (κ1) is 20.8. The normalized spacial score (nSPS) is 17.4. The van der Waals surface area contributed by atoms with E-state index in [0.717, 1.165) is 38.5 Å². The summed E-state index contributed by atoms with van der Waals surface area (Å²) in [4.78, 5) is 4.82. The summed E-state index contributed by atoms with van der Waals surface area (Å²) in [6.45, 7) is 12.6. The molecule has 2 aromatic rings. The minimum Gasteiger partial charge on any atom is -0.491 e. The van der Waals surface area contributed by atoms with Gasteiger partial charge in [0.15, 0.2) is 0 Å². The van der Waals surface area contributed by atoms with Crippen molar-refractivity contribution < 1.29 is 9.84 Å². The van der Waals surface area contributed by atoms with E-state index in [9.17, 15) is 5.11 Å². The van der Waals surface area contributed by atoms with Crippen LogP contribution < -0.4 is 4.74 Å². The first-order chi connectivity index (χ1) is 13.4. The molecule has 2 aromatic carbocycles. The number of aliphatic hydroxyl groups excluding tert-OH is 1. The number of nitrogens with zero attached hydrogens (tertiary/aromatic N) is 2. The fourth-order valence-electron chi connectivity index (χ4n) is 3.72. The van der Waals surface area contributed by atoms with E-state index in [-0.39, 0.29) is 5.41 Å². The van der Waals surface area contributed by atoms with Crippen molar-refractivity contribution in [3.63, 3.8) is 0 Å². The Balaban J connectivity index is 1.42. The van der Waals surface area contributed by atoms with E-state index >= 15 is 0 Å². The first-order valence-corrected chi connectivity index (χ1v) is 10.3. The molecule has 28 heavy (non-hydrogen) atoms. The maximum Gasteiger partial charge on any atom is 0.123 e. The Hall–Kier alpha value is -1.88. The molecule has 0 bridgehead atoms. The van der Waals surface area contributed by atoms with Crippen LogP contribution in [0.1, 0.15) is 31.9 Å². The zero-order valence-corrected chi connectivity index (χ0v) is 17.5. The van der Waals surface area contributed by atoms with Crippen LogP contribution in [0, 0.1) is 0 Å². The van der Waals surface area contributed by atoms with Crippen LogP contribution >= 0.6 is 0 Å². The number of hydrogen-bond donors (Lipinski definition) is 1. The zero-order chi connectivity index (χ0) is 20.0. The molecule has 1 N–H and O–H groups in total. The van der Waals surface area contributed by atoms with Crippen molar-refractivity contribution in [2.45, 2.75) is 38.8 Å². The molecule has 1 aliphatic heterocycles. The minimum atomic E-state index is -0.478. The molecule has 1 heterocycles. The highest BCUT2D eigenvalue weighted by molar-refractivity contribution is 5.38. The minimum absolute atomic E-state index is 0.0244. The van der Waals surface area contributed by atoms with E-state index < -0.39 is 6.10 Å². The lowest BCUT2D eigenvalue weighted by atomic mass is 9.86. The highest BCUT2D eigenvalue weighted by Crippen LogP contribution is 2.31. The Morgan fingerprint density at radius 1 is 0.893 bits per heavy atom. The molecular weight excluding hydrogens is 348 g/mol. The first-order valence-electron chi connectivity index (χ1n) is 10.3. The molecule has 1 aliphatic rings. The van der Waals surface area contributed by atoms with Gasteiger partial charge in [0.1, 0.15) is 18.5 Å². The summed E-state index contributed by atoms with van der Waals surface area (Å²) in [5.41, 5.74) is 2.56. The number of hydrogen-bond acceptors (Lipinski definition) is 4. The van der Waals surface area contributed by atoms with Gasteiger partial charge in [0, 0.05) is 39.3 Å². The number of aliphatic hydroxyl groups is 1. The predicted octanol–water partition coefficient (Wildman–Crippen LogP) is 3.54. The molecule has 0 radical (unpaired) electrons. The molecule has 4 nitrogen and oxygen atoms in total. The van der Waals surface area contributed by atoms with Gasteiger partial charge < -0.3 is 9.84 Å². The standard InChI is InChI=1S/C24H34N2O2/c1-24(2,3)22-11-7-8-12-23(22)28-19-21(27)18-26-15-13-25(14-16-26)17-20-9-5-4-6-10-20/h4-12,21,27H,13-19H2,1-3H3. The number of para-hydroxylation sites is 1. The van der Waals surface area contributed by atoms with Gasteiger partial charge in [-0.25, -0.2) is 0 Å². The van der Waals surface area contributed by atoms with Crippen molar-refractivity contribution in [3.05, 3.63) is 65.7 Å². The lowest BCUT2D eigenvalue weighted by Crippen LogP contribution is -2.48. The van der Waals surface area contributed by atoms with Crippen molar-refractivity contribution in [1.29, 1.82) is 0 Å². The third kappa shape index (κ3) is 6.06. The van der Waals surface area contributed by atoms with Crippen molar-refractivity contribution in [1.82, 2.24) is 9.80 Å². The van der Waals surface area contributed by atoms with E-state index in [1.54, 1.807) is 0 Å². The second-order valence-corrected chi connectivity index (χ2v) is 8.77. The van der Waals surface area contributed by atoms with Gasteiger partial charge >= 0.3 is 0 Å². The molecule has 1 saturated heterocycles. The van der Waals surface area contributed by atoms with Gasteiger partial charge in [-0.1, -0.05) is 69.3 Å². The number of ether oxygens (including phenoxy) is 1. The molecule has 1 atom stereocenters. The Labute approximate surface area is 169 Å². The van der Waals surface area contributed by atoms with Crippen molar-refractivity contribution in [2.75, 3.05) is 39.3 Å². The van der Waals surface area contributed by atoms with E-state index in [1.807, 2.05) is 18.2 Å². The number of piperazine rings is 1. The lowest BCUT2D eigenvalue weighted by Gasteiger charge is -2.35. The SMILES string of the molecule is CC(C)(C)c1ccccc1OCC(O)CN1CCN(Cc2ccccc2)CC1. The second-order valence-electron chi connectivity index (χ2n) is 8.77. The molecular formula is C24H34N2O2. The molecule has 0 aliphatic carbocycles. The summed E-state index contributed by atoms with van der Waals surface area (Å²) in [5, 5.41) is 10.5. The molecule has 0 amide bonds. The average molecular weight is 383 g/mol. The molecule has 3 rings (SSSR count). The fraction of sp³-hybridized carbons (Fsp3) is 0.500. The number of rotatable bonds is 7. The van der Waals surface area contributed by atoms with E-state index in [1.165, 1.54) is 11.1 Å². The highest BCUT2D eigenvalue weighted by atomic mass is 16.5. The quantitative estimate of drug-likeness (QED) is 0.795. The highest BCUT2D eigenvalue weighted by Gasteiger charge is 2.21. The number of benzene rings is 2. The van der Waals surface area contributed by atoms with Crippen LogP contribution in [0.25, 0.3) is 0 Å². The topological polar surface area (TPSA) is 35.9 Å². The van der Waals surface area contributed by atoms with Crippen molar-refractivity contribution in [3.8, 4) is 5.75 Å². The fourth-order valence-corrected chi connectivity index (χ4v) is 3.72. The maximum atomic E-state index is 10.5. The summed E-state index contributed by atoms with van der Waals surface area (Å²) in [7, 11) is 0. The molecule has 1 unspecified atom stereocenters. The van der Waals surface area contributed by atoms with Gasteiger partial charge in [0.05, 0.1) is 0 Å². The van der Waals surface area contributed by atoms with Crippen LogP contribution in [-0.4, -0.2) is 60.3 Å². The Bertz CT molecular complexity index is 719. The molecule has 0 aromatic heterocycles. The summed E-state index contributed by atoms with van der Waals surface area (Å²) >= 11 is 0. The van der Waals surface area contributed by atoms with Gasteiger partial charge in [-0.05, 0) is 22.6 Å². The van der Waals surface area contributed by atoms with E-state index in [2.05, 4.69) is 67.0 Å². The van der Waals surface area contributed by atoms with Crippen LogP contribution in [0.5, 0.6) is 5.75 Å². The van der Waals surface area contributed by atoms with Gasteiger partial charge in [-0.2, -0.15) is 0 Å². The zero-order valence-electron chi connectivity index (χ0n) is 17.5. The van der Waals surface area contributed by atoms with Crippen LogP contribution in [0.2, 0.25) is 0 Å². The third-order valence-electron chi connectivity index (χ3n) is 5.31. The summed E-state index contributed by atoms with van der Waals surface area (Å²) in [6.07, 6.45) is -0.478. The third-order valence-corrected chi connectivity index (χ3v) is 5.31. The summed E-state index contributed by atoms with van der Waals surface area (Å²) in [5.74, 6) is 0.877. The smallest absolute Gasteiger partial charge is 0.123 e. The molecule has 1 fully saturated rings. The molecule has 4 heteroatoms. The van der Waals surface area contributed by atoms with Crippen molar-refractivity contribution >= 4 is 0 Å². The van der Waals surface area contributed by atoms with Gasteiger partial charge in [-0.3, -0.25) is 9.80 Å². The predicted molar refractivity (Wildman–Crippen MR) is 115 cm³/mol. The van der Waals surface area contributed by atoms with Crippen molar-refractivity contribution in [2.24, 2.45) is 0 Å². The Kier molecular flexibility index (Phi) is 7.11. The van der Waals surface area contributed by atoms with Gasteiger partial charge in [-0.15, -0.1) is 0 Å². The molecule has 152 valence electrons. The van der Waals surface area contributed by atoms with E-state index in [0.29, 0.717) is 13.2 Å².